The highest BCUT2D eigenvalue weighted by Gasteiger charge is 2.83. The molecule has 0 saturated heterocycles. The Kier molecular flexibility index (Phi) is 13.1. The molecule has 33 heavy (non-hydrogen) atoms. The summed E-state index contributed by atoms with van der Waals surface area (Å²) < 4.78 is 140. The van der Waals surface area contributed by atoms with E-state index in [9.17, 15) is 39.5 Å². The molecule has 0 fully saturated rings. The predicted octanol–water partition coefficient (Wildman–Crippen LogP) is 2.90. The minimum atomic E-state index is -6.91. The molecule has 3 atom stereocenters. The predicted molar refractivity (Wildman–Crippen MR) is 127 cm³/mol. The van der Waals surface area contributed by atoms with Gasteiger partial charge in [0.05, 0.1) is 0 Å². The normalized spacial score (nSPS) is 18.9. The maximum Gasteiger partial charge on any atom is 0.460 e. The molecule has 0 aliphatic carbocycles. The number of alkyl halides is 9. The van der Waals surface area contributed by atoms with Crippen molar-refractivity contribution in [1.29, 1.82) is 0 Å². The van der Waals surface area contributed by atoms with Gasteiger partial charge in [-0.2, -0.15) is 39.5 Å². The maximum atomic E-state index is 14.8. The molecule has 18 heteroatoms. The van der Waals surface area contributed by atoms with Gasteiger partial charge in [0.25, 0.3) is 0 Å². The third-order valence-corrected chi connectivity index (χ3v) is 36.9. The van der Waals surface area contributed by atoms with Crippen molar-refractivity contribution in [2.45, 2.75) is 82.2 Å². The lowest BCUT2D eigenvalue weighted by Gasteiger charge is -2.43. The fraction of sp³-hybridized carbons (Fsp3) is 0.867. The molecule has 0 aliphatic heterocycles. The topological polar surface area (TPSA) is 27.7 Å². The first kappa shape index (κ1) is 33.3. The Morgan fingerprint density at radius 3 is 1.88 bits per heavy atom. The molecular weight excluding hydrogens is 568 g/mol. The fourth-order valence-electron chi connectivity index (χ4n) is 2.82. The average Bonchev–Trinajstić information content (AvgIpc) is 2.70. The van der Waals surface area contributed by atoms with Crippen LogP contribution in [0.2, 0.25) is 25.2 Å². The number of rotatable bonds is 15. The van der Waals surface area contributed by atoms with Crippen LogP contribution in [-0.2, 0) is 12.3 Å². The molecule has 0 aromatic rings. The minimum Gasteiger partial charge on any atom is -0.464 e. The molecule has 198 valence electrons. The quantitative estimate of drug-likeness (QED) is 0.164. The Labute approximate surface area is 200 Å². The van der Waals surface area contributed by atoms with Crippen molar-refractivity contribution in [3.63, 3.8) is 0 Å². The summed E-state index contributed by atoms with van der Waals surface area (Å²) in [7, 11) is -12.1. The van der Waals surface area contributed by atoms with Crippen molar-refractivity contribution < 1.29 is 51.9 Å². The van der Waals surface area contributed by atoms with E-state index in [2.05, 4.69) is 0 Å². The highest BCUT2D eigenvalue weighted by molar-refractivity contribution is 7.47. The Morgan fingerprint density at radius 1 is 0.939 bits per heavy atom. The summed E-state index contributed by atoms with van der Waals surface area (Å²) >= 11 is 0. The zero-order chi connectivity index (χ0) is 26.3. The lowest BCUT2D eigenvalue weighted by molar-refractivity contribution is -0.396. The van der Waals surface area contributed by atoms with E-state index >= 15 is 0 Å². The third kappa shape index (κ3) is 8.15. The number of hydrogen-bond donors (Lipinski definition) is 0. The summed E-state index contributed by atoms with van der Waals surface area (Å²) in [5.41, 5.74) is -0.717. The highest BCUT2D eigenvalue weighted by atomic mass is 29.6. The van der Waals surface area contributed by atoms with Gasteiger partial charge in [-0.3, -0.25) is 0 Å². The average molecular weight is 601 g/mol. The van der Waals surface area contributed by atoms with Gasteiger partial charge in [0.2, 0.25) is 7.35 Å². The monoisotopic (exact) mass is 600 g/mol. The first-order chi connectivity index (χ1) is 14.8. The maximum absolute atomic E-state index is 14.8. The number of hydrogen-bond acceptors (Lipinski definition) is 3. The molecule has 0 aromatic heterocycles. The molecule has 0 aromatic carbocycles. The van der Waals surface area contributed by atoms with Gasteiger partial charge in [-0.1, -0.05) is 38.5 Å². The zero-order valence-electron chi connectivity index (χ0n) is 19.5. The van der Waals surface area contributed by atoms with Crippen LogP contribution in [0.4, 0.5) is 39.5 Å². The molecule has 0 heterocycles. The summed E-state index contributed by atoms with van der Waals surface area (Å²) in [6, 6.07) is 0. The van der Waals surface area contributed by atoms with Crippen LogP contribution < -0.4 is 0 Å². The van der Waals surface area contributed by atoms with Crippen LogP contribution in [0.25, 0.3) is 0 Å². The standard InChI is InChI=1S/C15H33F9O3Si6/c1-6-7-8-9-10-32(5)27-30-33(25-28,29-26-31(3)4)11(2)12(16,17)13(18,19)14(20,21)15(22,23)24/h9-11,31-32H,6-8,29-30H2,1-5,28H3. The Bertz CT molecular complexity index is 624. The summed E-state index contributed by atoms with van der Waals surface area (Å²) in [6.45, 7) is 7.76. The minimum absolute atomic E-state index is 0.185. The van der Waals surface area contributed by atoms with E-state index in [0.29, 0.717) is 6.92 Å². The van der Waals surface area contributed by atoms with Gasteiger partial charge in [-0.05, 0) is 26.1 Å². The first-order valence-corrected chi connectivity index (χ1v) is 24.2. The second-order valence-corrected chi connectivity index (χ2v) is 31.9. The lowest BCUT2D eigenvalue weighted by Crippen LogP contribution is -2.69. The van der Waals surface area contributed by atoms with Gasteiger partial charge in [-0.25, -0.2) is 0 Å². The molecule has 0 saturated carbocycles. The van der Waals surface area contributed by atoms with Gasteiger partial charge in [-0.15, -0.1) is 0 Å². The van der Waals surface area contributed by atoms with E-state index in [1.54, 1.807) is 19.6 Å². The van der Waals surface area contributed by atoms with Crippen LogP contribution >= 0.6 is 0 Å². The summed E-state index contributed by atoms with van der Waals surface area (Å²) in [6.07, 6.45) is -2.29. The molecule has 0 amide bonds. The second kappa shape index (κ2) is 13.0. The number of allylic oxidation sites excluding steroid dienone is 1. The van der Waals surface area contributed by atoms with Crippen molar-refractivity contribution in [2.24, 2.45) is 0 Å². The van der Waals surface area contributed by atoms with Crippen LogP contribution in [0.5, 0.6) is 0 Å². The van der Waals surface area contributed by atoms with Gasteiger partial charge < -0.3 is 12.3 Å². The van der Waals surface area contributed by atoms with E-state index in [1.165, 1.54) is 0 Å². The number of halogens is 9. The molecule has 3 unspecified atom stereocenters. The van der Waals surface area contributed by atoms with Crippen LogP contribution in [0.1, 0.15) is 33.1 Å². The van der Waals surface area contributed by atoms with Crippen molar-refractivity contribution in [3.8, 4) is 0 Å². The van der Waals surface area contributed by atoms with Gasteiger partial charge in [0.15, 0.2) is 36.6 Å². The summed E-state index contributed by atoms with van der Waals surface area (Å²) in [5.74, 6) is -19.2. The Morgan fingerprint density at radius 2 is 1.45 bits per heavy atom. The lowest BCUT2D eigenvalue weighted by atomic mass is 10.0. The summed E-state index contributed by atoms with van der Waals surface area (Å²) in [4.78, 5) is 0. The first-order valence-electron chi connectivity index (χ1n) is 10.5. The smallest absolute Gasteiger partial charge is 0.460 e. The molecule has 0 N–H and O–H groups in total. The zero-order valence-corrected chi connectivity index (χ0v) is 27.7. The summed E-state index contributed by atoms with van der Waals surface area (Å²) in [5, 5.41) is 0. The molecule has 0 radical (unpaired) electrons. The van der Waals surface area contributed by atoms with Crippen LogP contribution in [0.15, 0.2) is 11.8 Å². The highest BCUT2D eigenvalue weighted by Crippen LogP contribution is 2.57. The third-order valence-electron chi connectivity index (χ3n) is 5.29. The van der Waals surface area contributed by atoms with Crippen LogP contribution in [0.3, 0.4) is 0 Å². The van der Waals surface area contributed by atoms with Gasteiger partial charge in [0.1, 0.15) is 10.5 Å². The largest absolute Gasteiger partial charge is 0.464 e. The van der Waals surface area contributed by atoms with Crippen molar-refractivity contribution >= 4 is 54.5 Å². The molecular formula is C15H33F9O3Si6. The van der Waals surface area contributed by atoms with Crippen molar-refractivity contribution in [1.82, 2.24) is 0 Å². The van der Waals surface area contributed by atoms with Crippen molar-refractivity contribution in [2.75, 3.05) is 0 Å². The van der Waals surface area contributed by atoms with E-state index in [1.807, 2.05) is 18.7 Å². The van der Waals surface area contributed by atoms with Gasteiger partial charge in [0, 0.05) is 5.54 Å². The molecule has 0 bridgehead atoms. The van der Waals surface area contributed by atoms with Crippen LogP contribution in [-0.4, -0.2) is 78.4 Å². The van der Waals surface area contributed by atoms with E-state index in [4.69, 9.17) is 12.3 Å². The van der Waals surface area contributed by atoms with Crippen LogP contribution in [0, 0.1) is 0 Å². The van der Waals surface area contributed by atoms with Gasteiger partial charge >= 0.3 is 23.9 Å². The second-order valence-electron chi connectivity index (χ2n) is 8.21. The van der Waals surface area contributed by atoms with E-state index in [-0.39, 0.29) is 10.5 Å². The SMILES string of the molecule is CCCCC=C[SiH](C)O[SiH2][Si](O[SiH3])([SiH2]O[SiH](C)C)C(C)C(F)(F)C(F)(F)C(F)(F)C(F)(F)F. The fourth-order valence-corrected chi connectivity index (χ4v) is 35.2. The molecule has 3 nitrogen and oxygen atoms in total. The number of unbranched alkanes of at least 4 members (excludes halogenated alkanes) is 2. The Hall–Kier alpha value is 0.291. The molecule has 0 aliphatic rings. The van der Waals surface area contributed by atoms with E-state index in [0.717, 1.165) is 19.3 Å². The van der Waals surface area contributed by atoms with Crippen molar-refractivity contribution in [3.05, 3.63) is 11.8 Å². The Balaban J connectivity index is 6.07. The molecule has 0 spiro atoms. The van der Waals surface area contributed by atoms with E-state index < -0.39 is 73.5 Å². The molecule has 0 rings (SSSR count).